The predicted molar refractivity (Wildman–Crippen MR) is 44.7 cm³/mol. The van der Waals surface area contributed by atoms with Crippen LogP contribution in [0.4, 0.5) is 0 Å². The Bertz CT molecular complexity index is 246. The molecule has 0 spiro atoms. The van der Waals surface area contributed by atoms with Crippen molar-refractivity contribution in [1.29, 1.82) is 0 Å². The Morgan fingerprint density at radius 3 is 3.00 bits per heavy atom. The molecule has 0 N–H and O–H groups in total. The number of carbonyl (C=O) groups is 1. The van der Waals surface area contributed by atoms with Gasteiger partial charge in [-0.15, -0.1) is 6.42 Å². The SMILES string of the molecule is C#CCO[PH](=O)N1CCCC1=O. The molecule has 1 amide bonds. The number of carbonyl (C=O) groups excluding carboxylic acids is 1. The molecule has 1 aliphatic rings. The summed E-state index contributed by atoms with van der Waals surface area (Å²) in [4.78, 5) is 11.0. The monoisotopic (exact) mass is 187 g/mol. The van der Waals surface area contributed by atoms with Gasteiger partial charge in [-0.3, -0.25) is 14.0 Å². The van der Waals surface area contributed by atoms with E-state index >= 15 is 0 Å². The lowest BCUT2D eigenvalue weighted by Gasteiger charge is -2.13. The fraction of sp³-hybridized carbons (Fsp3) is 0.571. The Kier molecular flexibility index (Phi) is 3.33. The minimum absolute atomic E-state index is 0.00156. The normalized spacial score (nSPS) is 19.2. The molecular formula is C7H10NO3P. The Hall–Kier alpha value is -0.780. The molecule has 4 nitrogen and oxygen atoms in total. The van der Waals surface area contributed by atoms with Gasteiger partial charge >= 0.3 is 0 Å². The number of hydrogen-bond acceptors (Lipinski definition) is 3. The van der Waals surface area contributed by atoms with Crippen molar-refractivity contribution in [2.45, 2.75) is 12.8 Å². The van der Waals surface area contributed by atoms with Crippen LogP contribution < -0.4 is 0 Å². The predicted octanol–water partition coefficient (Wildman–Crippen LogP) is 0.648. The van der Waals surface area contributed by atoms with Crippen LogP contribution in [-0.4, -0.2) is 23.7 Å². The highest BCUT2D eigenvalue weighted by atomic mass is 31.1. The van der Waals surface area contributed by atoms with E-state index in [9.17, 15) is 9.36 Å². The minimum Gasteiger partial charge on any atom is -0.302 e. The lowest BCUT2D eigenvalue weighted by Crippen LogP contribution is -2.16. The van der Waals surface area contributed by atoms with Crippen LogP contribution in [0.2, 0.25) is 0 Å². The topological polar surface area (TPSA) is 46.6 Å². The number of terminal acetylenes is 1. The van der Waals surface area contributed by atoms with Crippen molar-refractivity contribution in [3.63, 3.8) is 0 Å². The summed E-state index contributed by atoms with van der Waals surface area (Å²) < 4.78 is 17.2. The van der Waals surface area contributed by atoms with E-state index in [1.165, 1.54) is 4.67 Å². The zero-order chi connectivity index (χ0) is 8.97. The maximum absolute atomic E-state index is 11.2. The molecule has 1 rings (SSSR count). The van der Waals surface area contributed by atoms with E-state index < -0.39 is 8.18 Å². The number of amides is 1. The zero-order valence-electron chi connectivity index (χ0n) is 6.58. The van der Waals surface area contributed by atoms with Crippen LogP contribution in [0.5, 0.6) is 0 Å². The van der Waals surface area contributed by atoms with Crippen molar-refractivity contribution >= 4 is 14.1 Å². The summed E-state index contributed by atoms with van der Waals surface area (Å²) >= 11 is 0. The molecule has 1 heterocycles. The van der Waals surface area contributed by atoms with Crippen molar-refractivity contribution in [2.75, 3.05) is 13.2 Å². The highest BCUT2D eigenvalue weighted by Gasteiger charge is 2.24. The van der Waals surface area contributed by atoms with E-state index in [0.29, 0.717) is 13.0 Å². The van der Waals surface area contributed by atoms with Gasteiger partial charge in [-0.2, -0.15) is 0 Å². The molecule has 0 aromatic heterocycles. The molecule has 1 unspecified atom stereocenters. The molecule has 66 valence electrons. The minimum atomic E-state index is -2.39. The van der Waals surface area contributed by atoms with Crippen LogP contribution in [0, 0.1) is 12.3 Å². The van der Waals surface area contributed by atoms with Gasteiger partial charge in [-0.1, -0.05) is 5.92 Å². The molecule has 1 saturated heterocycles. The third-order valence-electron chi connectivity index (χ3n) is 1.57. The van der Waals surface area contributed by atoms with Gasteiger partial charge in [-0.05, 0) is 6.42 Å². The molecule has 1 fully saturated rings. The van der Waals surface area contributed by atoms with Gasteiger partial charge in [0, 0.05) is 13.0 Å². The van der Waals surface area contributed by atoms with Crippen molar-refractivity contribution in [3.05, 3.63) is 0 Å². The molecule has 0 saturated carbocycles. The second-order valence-electron chi connectivity index (χ2n) is 2.41. The quantitative estimate of drug-likeness (QED) is 0.481. The van der Waals surface area contributed by atoms with Crippen molar-refractivity contribution in [2.24, 2.45) is 0 Å². The molecule has 1 aliphatic heterocycles. The molecule has 5 heteroatoms. The van der Waals surface area contributed by atoms with Gasteiger partial charge in [0.05, 0.1) is 0 Å². The molecule has 0 aromatic rings. The van der Waals surface area contributed by atoms with E-state index in [0.717, 1.165) is 6.42 Å². The molecular weight excluding hydrogens is 177 g/mol. The highest BCUT2D eigenvalue weighted by Crippen LogP contribution is 2.32. The van der Waals surface area contributed by atoms with Gasteiger partial charge < -0.3 is 4.52 Å². The van der Waals surface area contributed by atoms with Crippen molar-refractivity contribution in [1.82, 2.24) is 4.67 Å². The van der Waals surface area contributed by atoms with Crippen LogP contribution in [0.3, 0.4) is 0 Å². The second-order valence-corrected chi connectivity index (χ2v) is 3.77. The highest BCUT2D eigenvalue weighted by molar-refractivity contribution is 7.37. The molecule has 0 aliphatic carbocycles. The zero-order valence-corrected chi connectivity index (χ0v) is 7.58. The van der Waals surface area contributed by atoms with E-state index in [1.54, 1.807) is 0 Å². The second kappa shape index (κ2) is 4.30. The van der Waals surface area contributed by atoms with E-state index in [4.69, 9.17) is 10.9 Å². The van der Waals surface area contributed by atoms with Crippen LogP contribution >= 0.6 is 8.18 Å². The lowest BCUT2D eigenvalue weighted by atomic mass is 10.4. The first-order chi connectivity index (χ1) is 5.75. The maximum atomic E-state index is 11.2. The van der Waals surface area contributed by atoms with Gasteiger partial charge in [-0.25, -0.2) is 0 Å². The summed E-state index contributed by atoms with van der Waals surface area (Å²) in [6.07, 6.45) is 6.14. The Morgan fingerprint density at radius 1 is 1.75 bits per heavy atom. The van der Waals surface area contributed by atoms with Crippen molar-refractivity contribution in [3.8, 4) is 12.3 Å². The summed E-state index contributed by atoms with van der Waals surface area (Å²) in [7, 11) is -2.39. The van der Waals surface area contributed by atoms with Crippen LogP contribution in [0.1, 0.15) is 12.8 Å². The standard InChI is InChI=1S/C7H10NO3P/c1-2-6-11-12(10)8-5-3-4-7(8)9/h1,12H,3-6H2. The Balaban J connectivity index is 2.42. The van der Waals surface area contributed by atoms with Crippen LogP contribution in [0.25, 0.3) is 0 Å². The number of nitrogens with zero attached hydrogens (tertiary/aromatic N) is 1. The van der Waals surface area contributed by atoms with Crippen LogP contribution in [-0.2, 0) is 13.9 Å². The molecule has 1 atom stereocenters. The molecule has 0 bridgehead atoms. The average molecular weight is 187 g/mol. The molecule has 12 heavy (non-hydrogen) atoms. The summed E-state index contributed by atoms with van der Waals surface area (Å²) in [5.74, 6) is 2.10. The maximum Gasteiger partial charge on any atom is 0.287 e. The summed E-state index contributed by atoms with van der Waals surface area (Å²) in [5.41, 5.74) is 0. The van der Waals surface area contributed by atoms with E-state index in [1.807, 2.05) is 0 Å². The van der Waals surface area contributed by atoms with Gasteiger partial charge in [0.1, 0.15) is 6.61 Å². The fourth-order valence-corrected chi connectivity index (χ4v) is 2.04. The summed E-state index contributed by atoms with van der Waals surface area (Å²) in [6, 6.07) is 0. The Labute approximate surface area is 71.8 Å². The summed E-state index contributed by atoms with van der Waals surface area (Å²) in [6.45, 7) is 0.531. The third kappa shape index (κ3) is 2.10. The lowest BCUT2D eigenvalue weighted by molar-refractivity contribution is -0.124. The van der Waals surface area contributed by atoms with Crippen LogP contribution in [0.15, 0.2) is 0 Å². The largest absolute Gasteiger partial charge is 0.302 e. The summed E-state index contributed by atoms with van der Waals surface area (Å²) in [5, 5.41) is 0. The van der Waals surface area contributed by atoms with E-state index in [2.05, 4.69) is 5.92 Å². The first-order valence-electron chi connectivity index (χ1n) is 3.66. The average Bonchev–Trinajstić information content (AvgIpc) is 2.47. The first-order valence-corrected chi connectivity index (χ1v) is 4.92. The van der Waals surface area contributed by atoms with Crippen molar-refractivity contribution < 1.29 is 13.9 Å². The molecule has 0 radical (unpaired) electrons. The van der Waals surface area contributed by atoms with Gasteiger partial charge in [0.15, 0.2) is 0 Å². The third-order valence-corrected chi connectivity index (χ3v) is 2.88. The smallest absolute Gasteiger partial charge is 0.287 e. The number of rotatable bonds is 3. The molecule has 0 aromatic carbocycles. The van der Waals surface area contributed by atoms with Gasteiger partial charge in [0.25, 0.3) is 8.18 Å². The fourth-order valence-electron chi connectivity index (χ4n) is 1.02. The number of hydrogen-bond donors (Lipinski definition) is 0. The first kappa shape index (κ1) is 9.31. The Morgan fingerprint density at radius 2 is 2.50 bits per heavy atom. The van der Waals surface area contributed by atoms with E-state index in [-0.39, 0.29) is 12.5 Å². The van der Waals surface area contributed by atoms with Gasteiger partial charge in [0.2, 0.25) is 5.91 Å².